The average Bonchev–Trinajstić information content (AvgIpc) is 3.26. The Hall–Kier alpha value is -1.86. The fraction of sp³-hybridized carbons (Fsp3) is 0.450. The van der Waals surface area contributed by atoms with E-state index in [1.54, 1.807) is 0 Å². The van der Waals surface area contributed by atoms with Crippen LogP contribution in [0, 0.1) is 9.65 Å². The summed E-state index contributed by atoms with van der Waals surface area (Å²) in [7, 11) is -1.22. The Balaban J connectivity index is 1.68. The van der Waals surface area contributed by atoms with Crippen LogP contribution in [-0.4, -0.2) is 41.6 Å². The molecule has 8 nitrogen and oxygen atoms in total. The Morgan fingerprint density at radius 2 is 2.10 bits per heavy atom. The maximum Gasteiger partial charge on any atom is 0.312 e. The van der Waals surface area contributed by atoms with Crippen molar-refractivity contribution in [3.63, 3.8) is 0 Å². The van der Waals surface area contributed by atoms with Gasteiger partial charge in [-0.25, -0.2) is 13.9 Å². The highest BCUT2D eigenvalue weighted by atomic mass is 127. The first-order valence-corrected chi connectivity index (χ1v) is 12.1. The highest BCUT2D eigenvalue weighted by molar-refractivity contribution is 14.1. The summed E-state index contributed by atoms with van der Waals surface area (Å²) in [5, 5.41) is 0. The molecule has 0 fully saturated rings. The molecule has 0 saturated heterocycles. The fourth-order valence-corrected chi connectivity index (χ4v) is 4.85. The lowest BCUT2D eigenvalue weighted by molar-refractivity contribution is 0.356. The van der Waals surface area contributed by atoms with E-state index < -0.39 is 17.1 Å². The largest absolute Gasteiger partial charge is 0.493 e. The average molecular weight is 558 g/mol. The number of fused-ring (bicyclic) bond motifs is 2. The molecule has 166 valence electrons. The summed E-state index contributed by atoms with van der Waals surface area (Å²) >= 11 is 2.31. The minimum Gasteiger partial charge on any atom is -0.493 e. The molecular formula is C20H24FIN6O2S. The zero-order valence-corrected chi connectivity index (χ0v) is 20.5. The van der Waals surface area contributed by atoms with Gasteiger partial charge in [-0.15, -0.1) is 0 Å². The third-order valence-corrected chi connectivity index (χ3v) is 7.59. The second-order valence-corrected chi connectivity index (χ2v) is 11.5. The number of benzene rings is 1. The van der Waals surface area contributed by atoms with Gasteiger partial charge in [0.1, 0.15) is 11.6 Å². The number of rotatable bonds is 6. The first-order valence-electron chi connectivity index (χ1n) is 9.91. The molecule has 4 rings (SSSR count). The predicted molar refractivity (Wildman–Crippen MR) is 127 cm³/mol. The predicted octanol–water partition coefficient (Wildman–Crippen LogP) is 2.73. The fourth-order valence-electron chi connectivity index (χ4n) is 3.42. The molecule has 0 saturated carbocycles. The van der Waals surface area contributed by atoms with Crippen molar-refractivity contribution >= 4 is 50.6 Å². The van der Waals surface area contributed by atoms with Gasteiger partial charge in [-0.05, 0) is 66.6 Å². The molecule has 0 amide bonds. The van der Waals surface area contributed by atoms with E-state index in [2.05, 4.69) is 48.3 Å². The van der Waals surface area contributed by atoms with Crippen molar-refractivity contribution in [1.29, 1.82) is 0 Å². The van der Waals surface area contributed by atoms with E-state index in [9.17, 15) is 8.60 Å². The monoisotopic (exact) mass is 558 g/mol. The minimum absolute atomic E-state index is 0.000658. The van der Waals surface area contributed by atoms with Gasteiger partial charge in [0.15, 0.2) is 17.0 Å². The quantitative estimate of drug-likeness (QED) is 0.356. The van der Waals surface area contributed by atoms with Gasteiger partial charge in [0, 0.05) is 29.5 Å². The molecule has 2 aromatic heterocycles. The summed E-state index contributed by atoms with van der Waals surface area (Å²) in [5.74, 6) is 1.58. The van der Waals surface area contributed by atoms with Crippen LogP contribution in [0.15, 0.2) is 12.1 Å². The lowest BCUT2D eigenvalue weighted by Crippen LogP contribution is -2.35. The van der Waals surface area contributed by atoms with Gasteiger partial charge in [0.25, 0.3) is 0 Å². The number of aromatic nitrogens is 4. The molecule has 1 aromatic carbocycles. The van der Waals surface area contributed by atoms with Gasteiger partial charge in [-0.2, -0.15) is 14.4 Å². The lowest BCUT2D eigenvalue weighted by atomic mass is 10.1. The van der Waals surface area contributed by atoms with Gasteiger partial charge < -0.3 is 15.0 Å². The van der Waals surface area contributed by atoms with Gasteiger partial charge in [-0.1, -0.05) is 0 Å². The van der Waals surface area contributed by atoms with Crippen molar-refractivity contribution in [2.24, 2.45) is 0 Å². The molecule has 0 spiro atoms. The molecule has 1 unspecified atom stereocenters. The molecule has 0 bridgehead atoms. The smallest absolute Gasteiger partial charge is 0.312 e. The molecule has 0 radical (unpaired) electrons. The maximum absolute atomic E-state index is 13.9. The highest BCUT2D eigenvalue weighted by Gasteiger charge is 2.22. The minimum atomic E-state index is -1.22. The van der Waals surface area contributed by atoms with Crippen LogP contribution in [0.1, 0.15) is 37.7 Å². The molecule has 3 heterocycles. The molecular weight excluding hydrogens is 534 g/mol. The third-order valence-electron chi connectivity index (χ3n) is 5.01. The van der Waals surface area contributed by atoms with Crippen molar-refractivity contribution < 1.29 is 13.3 Å². The van der Waals surface area contributed by atoms with Gasteiger partial charge >= 0.3 is 6.08 Å². The summed E-state index contributed by atoms with van der Waals surface area (Å²) in [5.41, 5.74) is 8.86. The molecule has 11 heteroatoms. The summed E-state index contributed by atoms with van der Waals surface area (Å²) in [4.78, 5) is 12.2. The molecule has 1 aliphatic rings. The topological polar surface area (TPSA) is 108 Å². The highest BCUT2D eigenvalue weighted by Crippen LogP contribution is 2.31. The number of imidazole rings is 1. The normalized spacial score (nSPS) is 14.6. The number of anilines is 1. The third kappa shape index (κ3) is 4.67. The van der Waals surface area contributed by atoms with Crippen molar-refractivity contribution in [2.45, 2.75) is 44.9 Å². The number of hydrogen-bond acceptors (Lipinski definition) is 6. The van der Waals surface area contributed by atoms with Crippen LogP contribution >= 0.6 is 22.6 Å². The van der Waals surface area contributed by atoms with E-state index in [0.29, 0.717) is 43.1 Å². The Kier molecular flexibility index (Phi) is 6.19. The van der Waals surface area contributed by atoms with Crippen LogP contribution < -0.4 is 15.2 Å². The Morgan fingerprint density at radius 3 is 2.84 bits per heavy atom. The number of ether oxygens (including phenoxy) is 1. The molecule has 31 heavy (non-hydrogen) atoms. The van der Waals surface area contributed by atoms with E-state index >= 15 is 0 Å². The van der Waals surface area contributed by atoms with Crippen LogP contribution in [0.5, 0.6) is 5.75 Å². The number of nitrogens with one attached hydrogen (secondary N) is 1. The van der Waals surface area contributed by atoms with E-state index in [-0.39, 0.29) is 10.6 Å². The van der Waals surface area contributed by atoms with Crippen LogP contribution in [0.3, 0.4) is 0 Å². The second-order valence-electron chi connectivity index (χ2n) is 8.33. The summed E-state index contributed by atoms with van der Waals surface area (Å²) in [6, 6.07) is 4.17. The van der Waals surface area contributed by atoms with Gasteiger partial charge in [-0.3, -0.25) is 0 Å². The summed E-state index contributed by atoms with van der Waals surface area (Å²) in [6.07, 6.45) is 0.505. The van der Waals surface area contributed by atoms with Crippen molar-refractivity contribution in [1.82, 2.24) is 24.2 Å². The second kappa shape index (κ2) is 8.58. The van der Waals surface area contributed by atoms with Gasteiger partial charge in [0.2, 0.25) is 0 Å². The van der Waals surface area contributed by atoms with Crippen LogP contribution in [-0.2, 0) is 30.4 Å². The number of nitrogens with zero attached hydrogens (tertiary/aromatic N) is 4. The molecule has 0 aliphatic carbocycles. The van der Waals surface area contributed by atoms with E-state index in [4.69, 9.17) is 10.5 Å². The number of halogens is 2. The lowest BCUT2D eigenvalue weighted by Gasteiger charge is -2.18. The standard InChI is InChI=1S/C20H24FIN6O2S/c1-20(2,3)31(29)24-5-6-28-15(25-16-17(23)26-19(21)27-18(16)28)10-12-9-14-11(4-7-30-14)8-13(12)22/h8-9,24H,4-7,10H2,1-3H3,(H2,23,26,27). The molecule has 3 aromatic rings. The summed E-state index contributed by atoms with van der Waals surface area (Å²) in [6.45, 7) is 7.19. The SMILES string of the molecule is CC(C)(C)S(=O)NCCn1c(Cc2cc3c(cc2I)CCO3)nc2c(N)nc(F)nc21. The van der Waals surface area contributed by atoms with E-state index in [1.807, 2.05) is 31.4 Å². The van der Waals surface area contributed by atoms with Crippen LogP contribution in [0.4, 0.5) is 10.2 Å². The van der Waals surface area contributed by atoms with E-state index in [0.717, 1.165) is 21.3 Å². The Bertz CT molecular complexity index is 1180. The zero-order valence-electron chi connectivity index (χ0n) is 17.5. The molecule has 3 N–H and O–H groups in total. The number of nitrogens with two attached hydrogens (primary N) is 1. The Morgan fingerprint density at radius 1 is 1.32 bits per heavy atom. The zero-order chi connectivity index (χ0) is 22.3. The molecule has 1 atom stereocenters. The van der Waals surface area contributed by atoms with Crippen molar-refractivity contribution in [3.8, 4) is 5.75 Å². The first kappa shape index (κ1) is 22.3. The van der Waals surface area contributed by atoms with E-state index in [1.165, 1.54) is 5.56 Å². The van der Waals surface area contributed by atoms with Crippen LogP contribution in [0.2, 0.25) is 0 Å². The number of nitrogen functional groups attached to an aromatic ring is 1. The number of hydrogen-bond donors (Lipinski definition) is 2. The summed E-state index contributed by atoms with van der Waals surface area (Å²) < 4.78 is 37.5. The van der Waals surface area contributed by atoms with Crippen LogP contribution in [0.25, 0.3) is 11.2 Å². The van der Waals surface area contributed by atoms with Crippen molar-refractivity contribution in [2.75, 3.05) is 18.9 Å². The maximum atomic E-state index is 13.9. The molecule has 1 aliphatic heterocycles. The van der Waals surface area contributed by atoms with Crippen molar-refractivity contribution in [3.05, 3.63) is 38.7 Å². The Labute approximate surface area is 195 Å². The van der Waals surface area contributed by atoms with Gasteiger partial charge in [0.05, 0.1) is 22.3 Å². The first-order chi connectivity index (χ1) is 14.6.